The molecule has 0 radical (unpaired) electrons. The monoisotopic (exact) mass is 496 g/mol. The average molecular weight is 497 g/mol. The first-order valence-corrected chi connectivity index (χ1v) is 11.9. The van der Waals surface area contributed by atoms with Gasteiger partial charge in [-0.3, -0.25) is 14.5 Å². The first-order chi connectivity index (χ1) is 17.7. The number of Topliss-reactive ketones (excluding diaryl/α,β-unsaturated/α-hetero) is 1. The van der Waals surface area contributed by atoms with Crippen LogP contribution >= 0.6 is 0 Å². The molecule has 1 aliphatic heterocycles. The minimum Gasteiger partial charge on any atom is -0.507 e. The number of amides is 1. The van der Waals surface area contributed by atoms with Gasteiger partial charge in [0.05, 0.1) is 37.5 Å². The van der Waals surface area contributed by atoms with E-state index in [0.717, 1.165) is 5.56 Å². The Labute approximate surface area is 216 Å². The van der Waals surface area contributed by atoms with Gasteiger partial charge in [0.15, 0.2) is 0 Å². The van der Waals surface area contributed by atoms with Gasteiger partial charge in [-0.2, -0.15) is 5.26 Å². The SMILES string of the molecule is COc1cccc(C2/C(=C(\O)c3cc(C(C)C)c(OC)cc3C)C(=O)C(=O)N2c2ccc(C#N)cc2)c1. The molecule has 1 saturated heterocycles. The van der Waals surface area contributed by atoms with Crippen molar-refractivity contribution < 1.29 is 24.2 Å². The van der Waals surface area contributed by atoms with Crippen LogP contribution in [0.1, 0.15) is 53.6 Å². The summed E-state index contributed by atoms with van der Waals surface area (Å²) in [6.07, 6.45) is 0. The van der Waals surface area contributed by atoms with Crippen molar-refractivity contribution in [2.75, 3.05) is 19.1 Å². The molecule has 0 bridgehead atoms. The Hall–Kier alpha value is -4.57. The second kappa shape index (κ2) is 10.2. The van der Waals surface area contributed by atoms with Crippen molar-refractivity contribution in [3.63, 3.8) is 0 Å². The fraction of sp³-hybridized carbons (Fsp3) is 0.233. The lowest BCUT2D eigenvalue weighted by Gasteiger charge is -2.26. The molecule has 4 rings (SSSR count). The summed E-state index contributed by atoms with van der Waals surface area (Å²) in [5.74, 6) is -0.496. The van der Waals surface area contributed by atoms with E-state index in [2.05, 4.69) is 6.07 Å². The van der Waals surface area contributed by atoms with E-state index in [9.17, 15) is 20.0 Å². The molecular weight excluding hydrogens is 468 g/mol. The summed E-state index contributed by atoms with van der Waals surface area (Å²) in [7, 11) is 3.12. The molecule has 3 aromatic carbocycles. The van der Waals surface area contributed by atoms with E-state index in [1.54, 1.807) is 55.6 Å². The number of hydrogen-bond donors (Lipinski definition) is 1. The Balaban J connectivity index is 1.99. The molecule has 0 aromatic heterocycles. The highest BCUT2D eigenvalue weighted by Gasteiger charge is 2.47. The minimum atomic E-state index is -0.910. The van der Waals surface area contributed by atoms with E-state index in [1.807, 2.05) is 32.9 Å². The van der Waals surface area contributed by atoms with E-state index in [0.29, 0.717) is 39.4 Å². The summed E-state index contributed by atoms with van der Waals surface area (Å²) in [5.41, 5.74) is 3.46. The number of ether oxygens (including phenoxy) is 2. The van der Waals surface area contributed by atoms with Crippen molar-refractivity contribution in [1.29, 1.82) is 5.26 Å². The van der Waals surface area contributed by atoms with Crippen molar-refractivity contribution >= 4 is 23.1 Å². The number of anilines is 1. The van der Waals surface area contributed by atoms with Crippen LogP contribution in [-0.4, -0.2) is 31.0 Å². The average Bonchev–Trinajstić information content (AvgIpc) is 3.18. The Bertz CT molecular complexity index is 1450. The predicted molar refractivity (Wildman–Crippen MR) is 141 cm³/mol. The summed E-state index contributed by atoms with van der Waals surface area (Å²) < 4.78 is 10.9. The van der Waals surface area contributed by atoms with Gasteiger partial charge in [-0.25, -0.2) is 0 Å². The normalized spacial score (nSPS) is 16.7. The zero-order valence-electron chi connectivity index (χ0n) is 21.4. The lowest BCUT2D eigenvalue weighted by Crippen LogP contribution is -2.29. The van der Waals surface area contributed by atoms with Crippen molar-refractivity contribution in [3.05, 3.63) is 94.1 Å². The van der Waals surface area contributed by atoms with E-state index < -0.39 is 17.7 Å². The number of carbonyl (C=O) groups is 2. The van der Waals surface area contributed by atoms with E-state index in [4.69, 9.17) is 9.47 Å². The molecule has 0 saturated carbocycles. The lowest BCUT2D eigenvalue weighted by molar-refractivity contribution is -0.132. The standard InChI is InChI=1S/C30H28N2O5/c1-17(2)23-15-24(18(3)13-25(23)37-5)28(33)26-27(20-7-6-8-22(14-20)36-4)32(30(35)29(26)34)21-11-9-19(16-31)10-12-21/h6-15,17,27,33H,1-5H3/b28-26+. The predicted octanol–water partition coefficient (Wildman–Crippen LogP) is 5.63. The summed E-state index contributed by atoms with van der Waals surface area (Å²) in [5, 5.41) is 20.8. The van der Waals surface area contributed by atoms with Crippen molar-refractivity contribution in [3.8, 4) is 17.6 Å². The van der Waals surface area contributed by atoms with Crippen LogP contribution in [-0.2, 0) is 9.59 Å². The first-order valence-electron chi connectivity index (χ1n) is 11.9. The lowest BCUT2D eigenvalue weighted by atomic mass is 9.91. The molecule has 1 atom stereocenters. The third kappa shape index (κ3) is 4.54. The van der Waals surface area contributed by atoms with Gasteiger partial charge in [-0.15, -0.1) is 0 Å². The Morgan fingerprint density at radius 3 is 2.32 bits per heavy atom. The van der Waals surface area contributed by atoms with Crippen LogP contribution in [0.15, 0.2) is 66.2 Å². The second-order valence-corrected chi connectivity index (χ2v) is 9.17. The molecule has 1 unspecified atom stereocenters. The van der Waals surface area contributed by atoms with Crippen LogP contribution in [0.25, 0.3) is 5.76 Å². The van der Waals surface area contributed by atoms with Crippen molar-refractivity contribution in [2.24, 2.45) is 0 Å². The molecule has 1 heterocycles. The third-order valence-electron chi connectivity index (χ3n) is 6.58. The molecule has 7 nitrogen and oxygen atoms in total. The van der Waals surface area contributed by atoms with Gasteiger partial charge in [-0.05, 0) is 78.1 Å². The largest absolute Gasteiger partial charge is 0.507 e. The van der Waals surface area contributed by atoms with Gasteiger partial charge in [-0.1, -0.05) is 26.0 Å². The summed E-state index contributed by atoms with van der Waals surface area (Å²) in [6.45, 7) is 5.84. The van der Waals surface area contributed by atoms with E-state index >= 15 is 0 Å². The Morgan fingerprint density at radius 1 is 1.03 bits per heavy atom. The summed E-state index contributed by atoms with van der Waals surface area (Å²) in [6, 6.07) is 18.2. The zero-order valence-corrected chi connectivity index (χ0v) is 21.4. The molecule has 188 valence electrons. The number of nitrogens with zero attached hydrogens (tertiary/aromatic N) is 2. The number of ketones is 1. The number of benzene rings is 3. The van der Waals surface area contributed by atoms with E-state index in [1.165, 1.54) is 12.0 Å². The molecule has 0 spiro atoms. The van der Waals surface area contributed by atoms with Crippen LogP contribution in [0, 0.1) is 18.3 Å². The third-order valence-corrected chi connectivity index (χ3v) is 6.58. The molecule has 3 aromatic rings. The van der Waals surface area contributed by atoms with Crippen LogP contribution in [0.2, 0.25) is 0 Å². The molecule has 7 heteroatoms. The van der Waals surface area contributed by atoms with Crippen LogP contribution in [0.5, 0.6) is 11.5 Å². The van der Waals surface area contributed by atoms with E-state index in [-0.39, 0.29) is 17.3 Å². The number of rotatable bonds is 6. The summed E-state index contributed by atoms with van der Waals surface area (Å²) >= 11 is 0. The molecular formula is C30H28N2O5. The highest BCUT2D eigenvalue weighted by atomic mass is 16.5. The highest BCUT2D eigenvalue weighted by Crippen LogP contribution is 2.44. The van der Waals surface area contributed by atoms with Gasteiger partial charge >= 0.3 is 0 Å². The number of hydrogen-bond acceptors (Lipinski definition) is 6. The molecule has 1 fully saturated rings. The number of aryl methyl sites for hydroxylation is 1. The molecule has 1 N–H and O–H groups in total. The fourth-order valence-electron chi connectivity index (χ4n) is 4.65. The number of carbonyl (C=O) groups excluding carboxylic acids is 2. The molecule has 1 aliphatic rings. The number of nitriles is 1. The molecule has 0 aliphatic carbocycles. The number of aliphatic hydroxyl groups is 1. The van der Waals surface area contributed by atoms with Crippen molar-refractivity contribution in [2.45, 2.75) is 32.7 Å². The smallest absolute Gasteiger partial charge is 0.300 e. The van der Waals surface area contributed by atoms with Gasteiger partial charge in [0.2, 0.25) is 0 Å². The van der Waals surface area contributed by atoms with Gasteiger partial charge in [0.1, 0.15) is 17.3 Å². The number of aliphatic hydroxyl groups excluding tert-OH is 1. The highest BCUT2D eigenvalue weighted by molar-refractivity contribution is 6.51. The first kappa shape index (κ1) is 25.5. The van der Waals surface area contributed by atoms with Crippen molar-refractivity contribution in [1.82, 2.24) is 0 Å². The summed E-state index contributed by atoms with van der Waals surface area (Å²) in [4.78, 5) is 28.3. The van der Waals surface area contributed by atoms with Crippen LogP contribution < -0.4 is 14.4 Å². The molecule has 1 amide bonds. The zero-order chi connectivity index (χ0) is 26.9. The fourth-order valence-corrected chi connectivity index (χ4v) is 4.65. The maximum absolute atomic E-state index is 13.5. The van der Waals surface area contributed by atoms with Gasteiger partial charge in [0.25, 0.3) is 11.7 Å². The maximum atomic E-state index is 13.5. The maximum Gasteiger partial charge on any atom is 0.300 e. The topological polar surface area (TPSA) is 99.9 Å². The Kier molecular flexibility index (Phi) is 7.03. The molecule has 37 heavy (non-hydrogen) atoms. The van der Waals surface area contributed by atoms with Gasteiger partial charge in [0, 0.05) is 11.3 Å². The Morgan fingerprint density at radius 2 is 1.73 bits per heavy atom. The van der Waals surface area contributed by atoms with Gasteiger partial charge < -0.3 is 14.6 Å². The second-order valence-electron chi connectivity index (χ2n) is 9.17. The van der Waals surface area contributed by atoms with Crippen LogP contribution in [0.3, 0.4) is 0 Å². The quantitative estimate of drug-likeness (QED) is 0.270. The van der Waals surface area contributed by atoms with Crippen LogP contribution in [0.4, 0.5) is 5.69 Å². The minimum absolute atomic E-state index is 0.0226. The number of methoxy groups -OCH3 is 2.